The highest BCUT2D eigenvalue weighted by Gasteiger charge is 2.23. The van der Waals surface area contributed by atoms with Crippen molar-refractivity contribution in [1.82, 2.24) is 14.7 Å². The summed E-state index contributed by atoms with van der Waals surface area (Å²) in [7, 11) is 1.95. The number of anilines is 1. The van der Waals surface area contributed by atoms with Gasteiger partial charge in [-0.1, -0.05) is 46.7 Å². The molecule has 2 aromatic heterocycles. The number of carbonyl (C=O) groups excluding carboxylic acids is 1. The predicted octanol–water partition coefficient (Wildman–Crippen LogP) is 5.44. The molecule has 2 heterocycles. The number of amides is 1. The Bertz CT molecular complexity index is 1170. The molecule has 4 rings (SSSR count). The Morgan fingerprint density at radius 3 is 2.62 bits per heavy atom. The maximum atomic E-state index is 12.9. The Morgan fingerprint density at radius 2 is 1.93 bits per heavy atom. The minimum atomic E-state index is -0.303. The van der Waals surface area contributed by atoms with Crippen LogP contribution in [0.15, 0.2) is 75.5 Å². The number of aromatic nitrogens is 3. The van der Waals surface area contributed by atoms with E-state index in [0.717, 1.165) is 10.1 Å². The summed E-state index contributed by atoms with van der Waals surface area (Å²) in [6.45, 7) is 1.70. The Kier molecular flexibility index (Phi) is 5.42. The molecule has 0 aliphatic carbocycles. The Hall–Kier alpha value is -3.03. The number of aryl methyl sites for hydroxylation is 2. The average molecular weight is 425 g/mol. The fourth-order valence-electron chi connectivity index (χ4n) is 2.83. The van der Waals surface area contributed by atoms with Gasteiger partial charge in [-0.25, -0.2) is 4.98 Å². The summed E-state index contributed by atoms with van der Waals surface area (Å²) in [5.41, 5.74) is 2.11. The summed E-state index contributed by atoms with van der Waals surface area (Å²) < 4.78 is 7.22. The average Bonchev–Trinajstić information content (AvgIpc) is 3.29. The lowest BCUT2D eigenvalue weighted by Gasteiger charge is -2.08. The van der Waals surface area contributed by atoms with Crippen molar-refractivity contribution in [3.63, 3.8) is 0 Å². The topological polar surface area (TPSA) is 73.0 Å². The molecule has 0 aliphatic heterocycles. The summed E-state index contributed by atoms with van der Waals surface area (Å²) in [5.74, 6) is 0.127. The second-order valence-corrected chi connectivity index (χ2v) is 7.79. The van der Waals surface area contributed by atoms with E-state index in [1.807, 2.05) is 54.2 Å². The van der Waals surface area contributed by atoms with Crippen molar-refractivity contribution >= 4 is 35.0 Å². The van der Waals surface area contributed by atoms with Gasteiger partial charge in [-0.2, -0.15) is 0 Å². The van der Waals surface area contributed by atoms with E-state index in [4.69, 9.17) is 16.1 Å². The molecule has 29 heavy (non-hydrogen) atoms. The molecule has 8 heteroatoms. The number of nitrogens with one attached hydrogen (secondary N) is 1. The van der Waals surface area contributed by atoms with E-state index < -0.39 is 0 Å². The second kappa shape index (κ2) is 8.14. The first-order valence-corrected chi connectivity index (χ1v) is 10.00. The summed E-state index contributed by atoms with van der Waals surface area (Å²) in [6, 6.07) is 14.8. The van der Waals surface area contributed by atoms with Crippen LogP contribution in [0.4, 0.5) is 5.69 Å². The molecule has 0 saturated carbocycles. The molecule has 146 valence electrons. The lowest BCUT2D eigenvalue weighted by Crippen LogP contribution is -2.13. The molecule has 0 fully saturated rings. The molecule has 2 aromatic carbocycles. The van der Waals surface area contributed by atoms with Gasteiger partial charge in [0.15, 0.2) is 5.16 Å². The van der Waals surface area contributed by atoms with Crippen LogP contribution in [0.5, 0.6) is 0 Å². The molecular formula is C21H17ClN4O2S. The van der Waals surface area contributed by atoms with Crippen LogP contribution in [-0.4, -0.2) is 20.6 Å². The van der Waals surface area contributed by atoms with E-state index in [1.165, 1.54) is 0 Å². The van der Waals surface area contributed by atoms with Crippen molar-refractivity contribution in [2.24, 2.45) is 7.05 Å². The van der Waals surface area contributed by atoms with Crippen molar-refractivity contribution < 1.29 is 9.32 Å². The van der Waals surface area contributed by atoms with E-state index in [1.54, 1.807) is 37.0 Å². The molecule has 1 amide bonds. The molecule has 4 aromatic rings. The van der Waals surface area contributed by atoms with Crippen LogP contribution in [0.2, 0.25) is 5.02 Å². The Morgan fingerprint density at radius 1 is 1.17 bits per heavy atom. The number of rotatable bonds is 5. The van der Waals surface area contributed by atoms with Crippen molar-refractivity contribution in [3.05, 3.63) is 77.3 Å². The van der Waals surface area contributed by atoms with Crippen LogP contribution in [0.1, 0.15) is 16.1 Å². The van der Waals surface area contributed by atoms with Crippen molar-refractivity contribution in [2.45, 2.75) is 17.0 Å². The van der Waals surface area contributed by atoms with Crippen LogP contribution in [0.25, 0.3) is 11.3 Å². The summed E-state index contributed by atoms with van der Waals surface area (Å²) in [6.07, 6.45) is 3.66. The fourth-order valence-corrected chi connectivity index (χ4v) is 3.86. The Balaban J connectivity index is 1.54. The lowest BCUT2D eigenvalue weighted by molar-refractivity contribution is 0.102. The van der Waals surface area contributed by atoms with E-state index in [9.17, 15) is 4.79 Å². The van der Waals surface area contributed by atoms with Crippen molar-refractivity contribution in [1.29, 1.82) is 0 Å². The maximum Gasteiger partial charge on any atom is 0.261 e. The first kappa shape index (κ1) is 19.3. The van der Waals surface area contributed by atoms with Gasteiger partial charge in [0.25, 0.3) is 5.91 Å². The minimum absolute atomic E-state index is 0.303. The molecular weight excluding hydrogens is 408 g/mol. The van der Waals surface area contributed by atoms with Gasteiger partial charge < -0.3 is 14.4 Å². The number of hydrogen-bond acceptors (Lipinski definition) is 5. The highest BCUT2D eigenvalue weighted by atomic mass is 35.5. The van der Waals surface area contributed by atoms with E-state index in [2.05, 4.69) is 15.5 Å². The monoisotopic (exact) mass is 424 g/mol. The zero-order valence-corrected chi connectivity index (χ0v) is 17.3. The van der Waals surface area contributed by atoms with Crippen LogP contribution in [0, 0.1) is 6.92 Å². The van der Waals surface area contributed by atoms with Crippen molar-refractivity contribution in [2.75, 3.05) is 5.32 Å². The second-order valence-electron chi connectivity index (χ2n) is 6.34. The number of imidazole rings is 1. The van der Waals surface area contributed by atoms with Gasteiger partial charge in [-0.3, -0.25) is 4.79 Å². The number of carbonyl (C=O) groups is 1. The van der Waals surface area contributed by atoms with E-state index in [-0.39, 0.29) is 5.91 Å². The quantitative estimate of drug-likeness (QED) is 0.461. The maximum absolute atomic E-state index is 12.9. The van der Waals surface area contributed by atoms with Gasteiger partial charge >= 0.3 is 0 Å². The molecule has 6 nitrogen and oxygen atoms in total. The predicted molar refractivity (Wildman–Crippen MR) is 113 cm³/mol. The van der Waals surface area contributed by atoms with Gasteiger partial charge in [0.05, 0.1) is 5.02 Å². The highest BCUT2D eigenvalue weighted by Crippen LogP contribution is 2.32. The molecule has 0 bridgehead atoms. The SMILES string of the molecule is Cc1onc(-c2ccccc2Cl)c1C(=O)Nc1ccc(Sc2nccn2C)cc1. The first-order valence-electron chi connectivity index (χ1n) is 8.80. The van der Waals surface area contributed by atoms with Crippen molar-refractivity contribution in [3.8, 4) is 11.3 Å². The zero-order chi connectivity index (χ0) is 20.4. The summed E-state index contributed by atoms with van der Waals surface area (Å²) in [5, 5.41) is 8.34. The summed E-state index contributed by atoms with van der Waals surface area (Å²) in [4.78, 5) is 18.2. The number of hydrogen-bond donors (Lipinski definition) is 1. The number of nitrogens with zero attached hydrogens (tertiary/aromatic N) is 3. The number of halogens is 1. The normalized spacial score (nSPS) is 10.9. The molecule has 0 spiro atoms. The molecule has 0 radical (unpaired) electrons. The highest BCUT2D eigenvalue weighted by molar-refractivity contribution is 7.99. The van der Waals surface area contributed by atoms with Crippen LogP contribution >= 0.6 is 23.4 Å². The first-order chi connectivity index (χ1) is 14.0. The Labute approximate surface area is 176 Å². The third-order valence-electron chi connectivity index (χ3n) is 4.32. The van der Waals surface area contributed by atoms with Gasteiger partial charge in [-0.05, 0) is 37.3 Å². The molecule has 0 unspecified atom stereocenters. The fraction of sp³-hybridized carbons (Fsp3) is 0.0952. The molecule has 1 N–H and O–H groups in total. The molecule has 0 saturated heterocycles. The largest absolute Gasteiger partial charge is 0.360 e. The van der Waals surface area contributed by atoms with E-state index >= 15 is 0 Å². The number of benzene rings is 2. The van der Waals surface area contributed by atoms with Gasteiger partial charge in [-0.15, -0.1) is 0 Å². The standard InChI is InChI=1S/C21H17ClN4O2S/c1-13-18(19(25-28-13)16-5-3-4-6-17(16)22)20(27)24-14-7-9-15(10-8-14)29-21-23-11-12-26(21)2/h3-12H,1-2H3,(H,24,27). The van der Waals surface area contributed by atoms with Crippen LogP contribution < -0.4 is 5.32 Å². The smallest absolute Gasteiger partial charge is 0.261 e. The minimum Gasteiger partial charge on any atom is -0.360 e. The third kappa shape index (κ3) is 4.06. The molecule has 0 aliphatic rings. The van der Waals surface area contributed by atoms with Crippen LogP contribution in [0.3, 0.4) is 0 Å². The molecule has 0 atom stereocenters. The van der Waals surface area contributed by atoms with E-state index in [0.29, 0.717) is 33.3 Å². The lowest BCUT2D eigenvalue weighted by atomic mass is 10.1. The third-order valence-corrected chi connectivity index (χ3v) is 5.73. The zero-order valence-electron chi connectivity index (χ0n) is 15.7. The van der Waals surface area contributed by atoms with Gasteiger partial charge in [0.2, 0.25) is 0 Å². The summed E-state index contributed by atoms with van der Waals surface area (Å²) >= 11 is 7.82. The van der Waals surface area contributed by atoms with Gasteiger partial charge in [0.1, 0.15) is 17.0 Å². The van der Waals surface area contributed by atoms with Crippen LogP contribution in [-0.2, 0) is 7.05 Å². The van der Waals surface area contributed by atoms with Gasteiger partial charge in [0, 0.05) is 35.6 Å².